The number of carbonyl (C=O) groups is 1. The molecule has 0 spiro atoms. The van der Waals surface area contributed by atoms with Crippen molar-refractivity contribution in [2.45, 2.75) is 6.92 Å². The molecule has 1 aromatic heterocycles. The Labute approximate surface area is 112 Å². The minimum absolute atomic E-state index is 0.325. The molecule has 0 aliphatic rings. The van der Waals surface area contributed by atoms with E-state index in [0.717, 1.165) is 11.1 Å². The Morgan fingerprint density at radius 1 is 1.21 bits per heavy atom. The zero-order valence-corrected chi connectivity index (χ0v) is 10.9. The highest BCUT2D eigenvalue weighted by Crippen LogP contribution is 2.24. The molecule has 2 aromatic rings. The first kappa shape index (κ1) is 13.1. The Morgan fingerprint density at radius 3 is 2.63 bits per heavy atom. The summed E-state index contributed by atoms with van der Waals surface area (Å²) in [5, 5.41) is 0. The largest absolute Gasteiger partial charge is 0.481 e. The number of rotatable bonds is 4. The van der Waals surface area contributed by atoms with Crippen LogP contribution >= 0.6 is 0 Å². The monoisotopic (exact) mass is 257 g/mol. The summed E-state index contributed by atoms with van der Waals surface area (Å²) in [6, 6.07) is 10.9. The van der Waals surface area contributed by atoms with Crippen LogP contribution in [0.3, 0.4) is 0 Å². The number of methoxy groups -OCH3 is 1. The van der Waals surface area contributed by atoms with Crippen LogP contribution in [0.2, 0.25) is 0 Å². The van der Waals surface area contributed by atoms with E-state index in [4.69, 9.17) is 9.47 Å². The lowest BCUT2D eigenvalue weighted by molar-refractivity contribution is 0.0527. The fourth-order valence-corrected chi connectivity index (χ4v) is 1.78. The highest BCUT2D eigenvalue weighted by Gasteiger charge is 2.13. The maximum Gasteiger partial charge on any atom is 0.338 e. The van der Waals surface area contributed by atoms with E-state index in [1.54, 1.807) is 32.4 Å². The predicted octanol–water partition coefficient (Wildman–Crippen LogP) is 2.93. The summed E-state index contributed by atoms with van der Waals surface area (Å²) in [6.07, 6.45) is 1.68. The van der Waals surface area contributed by atoms with Crippen LogP contribution in [0.4, 0.5) is 0 Å². The molecule has 1 heterocycles. The number of carbonyl (C=O) groups excluding carboxylic acids is 1. The van der Waals surface area contributed by atoms with Gasteiger partial charge in [0.15, 0.2) is 0 Å². The molecule has 4 nitrogen and oxygen atoms in total. The number of pyridine rings is 1. The first-order valence-corrected chi connectivity index (χ1v) is 6.02. The van der Waals surface area contributed by atoms with E-state index < -0.39 is 0 Å². The smallest absolute Gasteiger partial charge is 0.338 e. The predicted molar refractivity (Wildman–Crippen MR) is 72.2 cm³/mol. The average molecular weight is 257 g/mol. The molecule has 0 fully saturated rings. The van der Waals surface area contributed by atoms with Gasteiger partial charge in [-0.15, -0.1) is 0 Å². The summed E-state index contributed by atoms with van der Waals surface area (Å²) in [5.74, 6) is 0.214. The molecule has 2 rings (SSSR count). The number of aromatic nitrogens is 1. The Hall–Kier alpha value is -2.36. The zero-order valence-electron chi connectivity index (χ0n) is 10.9. The third kappa shape index (κ3) is 2.91. The van der Waals surface area contributed by atoms with Crippen molar-refractivity contribution in [1.29, 1.82) is 0 Å². The number of esters is 1. The van der Waals surface area contributed by atoms with E-state index >= 15 is 0 Å². The Morgan fingerprint density at radius 2 is 2.00 bits per heavy atom. The third-order valence-electron chi connectivity index (χ3n) is 2.68. The van der Waals surface area contributed by atoms with Crippen molar-refractivity contribution >= 4 is 5.97 Å². The lowest BCUT2D eigenvalue weighted by Crippen LogP contribution is -2.06. The van der Waals surface area contributed by atoms with Crippen LogP contribution in [0.15, 0.2) is 42.6 Å². The molecule has 0 N–H and O–H groups in total. The molecule has 0 bridgehead atoms. The van der Waals surface area contributed by atoms with Crippen LogP contribution in [0, 0.1) is 0 Å². The van der Waals surface area contributed by atoms with Crippen molar-refractivity contribution < 1.29 is 14.3 Å². The SMILES string of the molecule is CCOC(=O)c1ccccc1-c1ccc(OC)nc1. The van der Waals surface area contributed by atoms with Gasteiger partial charge in [-0.25, -0.2) is 9.78 Å². The fraction of sp³-hybridized carbons (Fsp3) is 0.200. The van der Waals surface area contributed by atoms with Gasteiger partial charge >= 0.3 is 5.97 Å². The number of hydrogen-bond donors (Lipinski definition) is 0. The van der Waals surface area contributed by atoms with E-state index in [-0.39, 0.29) is 5.97 Å². The summed E-state index contributed by atoms with van der Waals surface area (Å²) < 4.78 is 10.1. The van der Waals surface area contributed by atoms with Crippen molar-refractivity contribution in [3.05, 3.63) is 48.2 Å². The van der Waals surface area contributed by atoms with Crippen LogP contribution in [0.1, 0.15) is 17.3 Å². The van der Waals surface area contributed by atoms with Crippen molar-refractivity contribution in [2.75, 3.05) is 13.7 Å². The van der Waals surface area contributed by atoms with Crippen molar-refractivity contribution in [1.82, 2.24) is 4.98 Å². The highest BCUT2D eigenvalue weighted by molar-refractivity contribution is 5.97. The molecule has 0 radical (unpaired) electrons. The van der Waals surface area contributed by atoms with Gasteiger partial charge in [0.2, 0.25) is 5.88 Å². The summed E-state index contributed by atoms with van der Waals surface area (Å²) in [5.41, 5.74) is 2.19. The van der Waals surface area contributed by atoms with Gasteiger partial charge in [-0.2, -0.15) is 0 Å². The Balaban J connectivity index is 2.40. The second kappa shape index (κ2) is 6.00. The molecular formula is C15H15NO3. The van der Waals surface area contributed by atoms with Gasteiger partial charge in [0.05, 0.1) is 19.3 Å². The summed E-state index contributed by atoms with van der Waals surface area (Å²) >= 11 is 0. The first-order chi connectivity index (χ1) is 9.26. The number of hydrogen-bond acceptors (Lipinski definition) is 4. The van der Waals surface area contributed by atoms with Gasteiger partial charge in [0, 0.05) is 17.8 Å². The molecule has 1 aromatic carbocycles. The van der Waals surface area contributed by atoms with Gasteiger partial charge in [0.1, 0.15) is 0 Å². The zero-order chi connectivity index (χ0) is 13.7. The molecule has 0 aliphatic carbocycles. The Kier molecular flexibility index (Phi) is 4.13. The summed E-state index contributed by atoms with van der Waals surface area (Å²) in [4.78, 5) is 16.0. The van der Waals surface area contributed by atoms with E-state index in [1.165, 1.54) is 0 Å². The topological polar surface area (TPSA) is 48.4 Å². The summed E-state index contributed by atoms with van der Waals surface area (Å²) in [6.45, 7) is 2.14. The molecule has 4 heteroatoms. The highest BCUT2D eigenvalue weighted by atomic mass is 16.5. The van der Waals surface area contributed by atoms with Crippen LogP contribution in [-0.4, -0.2) is 24.7 Å². The number of ether oxygens (including phenoxy) is 2. The van der Waals surface area contributed by atoms with Crippen molar-refractivity contribution in [2.24, 2.45) is 0 Å². The number of benzene rings is 1. The average Bonchev–Trinajstić information content (AvgIpc) is 2.47. The fourth-order valence-electron chi connectivity index (χ4n) is 1.78. The second-order valence-corrected chi connectivity index (χ2v) is 3.86. The molecule has 0 saturated heterocycles. The van der Waals surface area contributed by atoms with Crippen molar-refractivity contribution in [3.63, 3.8) is 0 Å². The molecule has 0 unspecified atom stereocenters. The lowest BCUT2D eigenvalue weighted by Gasteiger charge is -2.09. The number of nitrogens with zero attached hydrogens (tertiary/aromatic N) is 1. The van der Waals surface area contributed by atoms with Crippen LogP contribution in [0.25, 0.3) is 11.1 Å². The minimum Gasteiger partial charge on any atom is -0.481 e. The summed E-state index contributed by atoms with van der Waals surface area (Å²) in [7, 11) is 1.56. The quantitative estimate of drug-likeness (QED) is 0.790. The van der Waals surface area contributed by atoms with Crippen molar-refractivity contribution in [3.8, 4) is 17.0 Å². The minimum atomic E-state index is -0.325. The van der Waals surface area contributed by atoms with Gasteiger partial charge < -0.3 is 9.47 Å². The van der Waals surface area contributed by atoms with Gasteiger partial charge in [0.25, 0.3) is 0 Å². The first-order valence-electron chi connectivity index (χ1n) is 6.02. The second-order valence-electron chi connectivity index (χ2n) is 3.86. The standard InChI is InChI=1S/C15H15NO3/c1-3-19-15(17)13-7-5-4-6-12(13)11-8-9-14(18-2)16-10-11/h4-10H,3H2,1-2H3. The van der Waals surface area contributed by atoms with Crippen LogP contribution in [-0.2, 0) is 4.74 Å². The van der Waals surface area contributed by atoms with Crippen LogP contribution in [0.5, 0.6) is 5.88 Å². The molecule has 0 atom stereocenters. The molecule has 19 heavy (non-hydrogen) atoms. The van der Waals surface area contributed by atoms with E-state index in [0.29, 0.717) is 18.1 Å². The molecule has 0 aliphatic heterocycles. The van der Waals surface area contributed by atoms with E-state index in [1.807, 2.05) is 24.3 Å². The van der Waals surface area contributed by atoms with Gasteiger partial charge in [-0.05, 0) is 24.6 Å². The lowest BCUT2D eigenvalue weighted by atomic mass is 10.0. The molecule has 0 saturated carbocycles. The van der Waals surface area contributed by atoms with Crippen LogP contribution < -0.4 is 4.74 Å². The van der Waals surface area contributed by atoms with Gasteiger partial charge in [-0.1, -0.05) is 18.2 Å². The van der Waals surface area contributed by atoms with E-state index in [2.05, 4.69) is 4.98 Å². The van der Waals surface area contributed by atoms with E-state index in [9.17, 15) is 4.79 Å². The molecule has 98 valence electrons. The third-order valence-corrected chi connectivity index (χ3v) is 2.68. The normalized spacial score (nSPS) is 10.0. The molecular weight excluding hydrogens is 242 g/mol. The maximum absolute atomic E-state index is 11.9. The maximum atomic E-state index is 11.9. The van der Waals surface area contributed by atoms with Gasteiger partial charge in [-0.3, -0.25) is 0 Å². The Bertz CT molecular complexity index is 564. The molecule has 0 amide bonds.